The minimum Gasteiger partial charge on any atom is -0.497 e. The van der Waals surface area contributed by atoms with Gasteiger partial charge in [0.25, 0.3) is 5.91 Å². The summed E-state index contributed by atoms with van der Waals surface area (Å²) in [5.74, 6) is 2.76. The molecule has 1 unspecified atom stereocenters. The molecule has 2 aliphatic rings. The summed E-state index contributed by atoms with van der Waals surface area (Å²) in [7, 11) is 3.27. The lowest BCUT2D eigenvalue weighted by molar-refractivity contribution is -0.118. The van der Waals surface area contributed by atoms with Crippen LogP contribution < -0.4 is 33.9 Å². The fraction of sp³-hybridized carbons (Fsp3) is 0.325. The van der Waals surface area contributed by atoms with Crippen molar-refractivity contribution in [2.45, 2.75) is 39.1 Å². The van der Waals surface area contributed by atoms with Crippen molar-refractivity contribution < 1.29 is 28.5 Å². The van der Waals surface area contributed by atoms with Gasteiger partial charge < -0.3 is 38.8 Å². The zero-order valence-corrected chi connectivity index (χ0v) is 29.6. The normalized spacial score (nSPS) is 15.6. The van der Waals surface area contributed by atoms with E-state index < -0.39 is 6.10 Å². The van der Waals surface area contributed by atoms with E-state index in [9.17, 15) is 4.79 Å². The number of amides is 1. The molecule has 2 aliphatic heterocycles. The highest BCUT2D eigenvalue weighted by Gasteiger charge is 2.37. The van der Waals surface area contributed by atoms with Gasteiger partial charge in [0.1, 0.15) is 30.5 Å². The second kappa shape index (κ2) is 16.7. The van der Waals surface area contributed by atoms with Crippen LogP contribution in [0.1, 0.15) is 42.6 Å². The molecule has 4 aromatic rings. The summed E-state index contributed by atoms with van der Waals surface area (Å²) >= 11 is 7.40. The van der Waals surface area contributed by atoms with Gasteiger partial charge in [0.2, 0.25) is 0 Å². The smallest absolute Gasteiger partial charge is 0.252 e. The number of para-hydroxylation sites is 1. The zero-order valence-electron chi connectivity index (χ0n) is 28.8. The summed E-state index contributed by atoms with van der Waals surface area (Å²) in [6.07, 6.45) is 3.44. The monoisotopic (exact) mass is 697 g/mol. The minimum absolute atomic E-state index is 0.203. The topological polar surface area (TPSA) is 81.7 Å². The number of likely N-dealkylation sites (tertiary alicyclic amines) is 1. The van der Waals surface area contributed by atoms with Crippen molar-refractivity contribution in [3.05, 3.63) is 118 Å². The van der Waals surface area contributed by atoms with Gasteiger partial charge in [-0.3, -0.25) is 4.79 Å². The van der Waals surface area contributed by atoms with Gasteiger partial charge >= 0.3 is 0 Å². The fourth-order valence-electron chi connectivity index (χ4n) is 6.19. The quantitative estimate of drug-likeness (QED) is 0.136. The van der Waals surface area contributed by atoms with Crippen molar-refractivity contribution in [3.8, 4) is 28.7 Å². The van der Waals surface area contributed by atoms with Crippen LogP contribution in [0.15, 0.2) is 96.7 Å². The van der Waals surface area contributed by atoms with Crippen molar-refractivity contribution in [3.63, 3.8) is 0 Å². The third kappa shape index (κ3) is 8.29. The first-order valence-electron chi connectivity index (χ1n) is 17.1. The molecule has 1 N–H and O–H groups in total. The number of carbonyl (C=O) groups is 1. The minimum atomic E-state index is -0.812. The number of rotatable bonds is 15. The highest BCUT2D eigenvalue weighted by atomic mass is 35.5. The fourth-order valence-corrected chi connectivity index (χ4v) is 6.54. The van der Waals surface area contributed by atoms with Gasteiger partial charge in [0.05, 0.1) is 30.5 Å². The average molecular weight is 698 g/mol. The molecule has 0 spiro atoms. The second-order valence-corrected chi connectivity index (χ2v) is 12.6. The Morgan fingerprint density at radius 2 is 1.46 bits per heavy atom. The molecule has 50 heavy (non-hydrogen) atoms. The molecular formula is C40H44ClN3O6. The Morgan fingerprint density at radius 1 is 0.840 bits per heavy atom. The Kier molecular flexibility index (Phi) is 11.7. The van der Waals surface area contributed by atoms with E-state index in [0.29, 0.717) is 46.5 Å². The lowest BCUT2D eigenvalue weighted by Crippen LogP contribution is -2.38. The average Bonchev–Trinajstić information content (AvgIpc) is 3.68. The van der Waals surface area contributed by atoms with Crippen molar-refractivity contribution >= 4 is 23.2 Å². The number of anilines is 1. The summed E-state index contributed by atoms with van der Waals surface area (Å²) in [6.45, 7) is 6.57. The van der Waals surface area contributed by atoms with Crippen LogP contribution in [0.4, 0.5) is 5.69 Å². The number of carbonyl (C=O) groups excluding carboxylic acids is 1. The van der Waals surface area contributed by atoms with E-state index in [4.69, 9.17) is 35.3 Å². The molecule has 1 atom stereocenters. The lowest BCUT2D eigenvalue weighted by atomic mass is 9.94. The Hall–Kier alpha value is -4.86. The molecule has 6 rings (SSSR count). The molecule has 9 nitrogen and oxygen atoms in total. The molecular weight excluding hydrogens is 654 g/mol. The Bertz CT molecular complexity index is 1760. The summed E-state index contributed by atoms with van der Waals surface area (Å²) < 4.78 is 30.2. The molecule has 262 valence electrons. The van der Waals surface area contributed by atoms with Crippen molar-refractivity contribution in [2.75, 3.05) is 51.8 Å². The van der Waals surface area contributed by atoms with Crippen LogP contribution >= 0.6 is 11.6 Å². The third-order valence-corrected chi connectivity index (χ3v) is 9.34. The first-order chi connectivity index (χ1) is 24.5. The molecule has 0 bridgehead atoms. The summed E-state index contributed by atoms with van der Waals surface area (Å²) in [5.41, 5.74) is 3.73. The summed E-state index contributed by atoms with van der Waals surface area (Å²) in [5, 5.41) is 3.46. The number of nitrogens with one attached hydrogen (secondary N) is 1. The summed E-state index contributed by atoms with van der Waals surface area (Å²) in [4.78, 5) is 18.3. The van der Waals surface area contributed by atoms with Crippen molar-refractivity contribution in [1.82, 2.24) is 10.2 Å². The van der Waals surface area contributed by atoms with Gasteiger partial charge in [0, 0.05) is 37.5 Å². The van der Waals surface area contributed by atoms with E-state index in [1.54, 1.807) is 14.2 Å². The maximum absolute atomic E-state index is 14.0. The van der Waals surface area contributed by atoms with Gasteiger partial charge in [-0.1, -0.05) is 54.1 Å². The molecule has 0 aliphatic carbocycles. The highest BCUT2D eigenvalue weighted by molar-refractivity contribution is 6.34. The van der Waals surface area contributed by atoms with E-state index in [-0.39, 0.29) is 19.1 Å². The second-order valence-electron chi connectivity index (χ2n) is 12.2. The first kappa shape index (κ1) is 35.0. The molecule has 1 amide bonds. The predicted octanol–water partition coefficient (Wildman–Crippen LogP) is 7.57. The SMILES string of the molecule is CCN1C=C(C(=O)NCCN2CCCC2)C(Oc2ccccc2)c2c1cc(OCc1ccc(OC)cc1)c(OCc1ccc(OC)cc1)c2Cl. The van der Waals surface area contributed by atoms with Gasteiger partial charge in [-0.15, -0.1) is 0 Å². The lowest BCUT2D eigenvalue weighted by Gasteiger charge is -2.35. The number of hydrogen-bond donors (Lipinski definition) is 1. The number of nitrogens with zero attached hydrogens (tertiary/aromatic N) is 2. The van der Waals surface area contributed by atoms with E-state index in [2.05, 4.69) is 10.2 Å². The Labute approximate surface area is 299 Å². The van der Waals surface area contributed by atoms with Crippen LogP contribution in [0, 0.1) is 0 Å². The molecule has 2 heterocycles. The van der Waals surface area contributed by atoms with Gasteiger partial charge in [-0.05, 0) is 80.4 Å². The van der Waals surface area contributed by atoms with Crippen LogP contribution in [0.25, 0.3) is 0 Å². The van der Waals surface area contributed by atoms with E-state index in [0.717, 1.165) is 47.9 Å². The van der Waals surface area contributed by atoms with Gasteiger partial charge in [0.15, 0.2) is 17.6 Å². The first-order valence-corrected chi connectivity index (χ1v) is 17.4. The van der Waals surface area contributed by atoms with Crippen LogP contribution in [-0.2, 0) is 18.0 Å². The number of methoxy groups -OCH3 is 2. The van der Waals surface area contributed by atoms with Gasteiger partial charge in [-0.2, -0.15) is 0 Å². The van der Waals surface area contributed by atoms with Crippen LogP contribution in [0.3, 0.4) is 0 Å². The zero-order chi connectivity index (χ0) is 34.9. The third-order valence-electron chi connectivity index (χ3n) is 8.96. The maximum atomic E-state index is 14.0. The van der Waals surface area contributed by atoms with Crippen molar-refractivity contribution in [1.29, 1.82) is 0 Å². The predicted molar refractivity (Wildman–Crippen MR) is 196 cm³/mol. The maximum Gasteiger partial charge on any atom is 0.252 e. The molecule has 10 heteroatoms. The molecule has 0 radical (unpaired) electrons. The molecule has 0 saturated carbocycles. The highest BCUT2D eigenvalue weighted by Crippen LogP contribution is 2.51. The standard InChI is InChI=1S/C40H44ClN3O6/c1-4-44-25-33(40(45)42-20-23-43-21-8-9-22-43)38(50-32-10-6-5-7-11-32)36-34(44)24-35(48-26-28-12-16-30(46-2)17-13-28)39(37(36)41)49-27-29-14-18-31(47-3)19-15-29/h5-7,10-19,24-25,38H,4,8-9,20-23,26-27H2,1-3H3,(H,42,45). The van der Waals surface area contributed by atoms with Crippen LogP contribution in [-0.4, -0.2) is 57.8 Å². The Morgan fingerprint density at radius 3 is 2.06 bits per heavy atom. The molecule has 4 aromatic carbocycles. The number of hydrogen-bond acceptors (Lipinski definition) is 8. The molecule has 0 aromatic heterocycles. The largest absolute Gasteiger partial charge is 0.497 e. The number of fused-ring (bicyclic) bond motifs is 1. The van der Waals surface area contributed by atoms with E-state index in [1.165, 1.54) is 12.8 Å². The number of benzene rings is 4. The number of ether oxygens (including phenoxy) is 5. The van der Waals surface area contributed by atoms with Gasteiger partial charge in [-0.25, -0.2) is 0 Å². The van der Waals surface area contributed by atoms with Crippen LogP contribution in [0.5, 0.6) is 28.7 Å². The van der Waals surface area contributed by atoms with E-state index >= 15 is 0 Å². The van der Waals surface area contributed by atoms with E-state index in [1.807, 2.05) is 103 Å². The summed E-state index contributed by atoms with van der Waals surface area (Å²) in [6, 6.07) is 26.7. The molecule has 1 saturated heterocycles. The number of halogens is 1. The van der Waals surface area contributed by atoms with Crippen molar-refractivity contribution in [2.24, 2.45) is 0 Å². The molecule has 1 fully saturated rings. The van der Waals surface area contributed by atoms with Crippen LogP contribution in [0.2, 0.25) is 5.02 Å². The Balaban J connectivity index is 1.37.